The maximum absolute atomic E-state index is 12.1. The second-order valence-electron chi connectivity index (χ2n) is 7.83. The number of benzene rings is 1. The van der Waals surface area contributed by atoms with Gasteiger partial charge in [0.25, 0.3) is 0 Å². The van der Waals surface area contributed by atoms with Crippen molar-refractivity contribution < 1.29 is 4.79 Å². The first-order chi connectivity index (χ1) is 14.7. The van der Waals surface area contributed by atoms with Crippen molar-refractivity contribution in [1.29, 1.82) is 0 Å². The quantitative estimate of drug-likeness (QED) is 0.508. The number of nitrogens with one attached hydrogen (secondary N) is 3. The van der Waals surface area contributed by atoms with Gasteiger partial charge in [0.1, 0.15) is 5.82 Å². The van der Waals surface area contributed by atoms with Crippen LogP contribution in [0, 0.1) is 0 Å². The van der Waals surface area contributed by atoms with Crippen LogP contribution in [0.15, 0.2) is 47.6 Å². The monoisotopic (exact) mass is 406 g/mol. The number of aromatic nitrogens is 1. The Bertz CT molecular complexity index is 906. The molecular weight excluding hydrogens is 376 g/mol. The number of guanidine groups is 1. The largest absolute Gasteiger partial charge is 0.357 e. The number of nitrogens with zero attached hydrogens (tertiary/aromatic N) is 3. The topological polar surface area (TPSA) is 81.7 Å². The summed E-state index contributed by atoms with van der Waals surface area (Å²) in [5.74, 6) is 2.00. The first kappa shape index (κ1) is 20.2. The second-order valence-corrected chi connectivity index (χ2v) is 7.83. The Hall–Kier alpha value is -3.09. The predicted octanol–water partition coefficient (Wildman–Crippen LogP) is 2.86. The van der Waals surface area contributed by atoms with Gasteiger partial charge in [-0.25, -0.2) is 9.98 Å². The molecule has 1 amide bonds. The number of hydrogen-bond donors (Lipinski definition) is 3. The number of para-hydroxylation sites is 1. The zero-order valence-electron chi connectivity index (χ0n) is 17.5. The highest BCUT2D eigenvalue weighted by Gasteiger charge is 2.24. The van der Waals surface area contributed by atoms with E-state index in [0.717, 1.165) is 42.7 Å². The molecular formula is C23H30N6O. The summed E-state index contributed by atoms with van der Waals surface area (Å²) in [4.78, 5) is 23.7. The molecule has 7 heteroatoms. The van der Waals surface area contributed by atoms with E-state index in [1.165, 1.54) is 18.4 Å². The first-order valence-corrected chi connectivity index (χ1v) is 10.8. The lowest BCUT2D eigenvalue weighted by Gasteiger charge is -2.26. The summed E-state index contributed by atoms with van der Waals surface area (Å²) in [6, 6.07) is 12.2. The Morgan fingerprint density at radius 3 is 2.90 bits per heavy atom. The van der Waals surface area contributed by atoms with Gasteiger partial charge in [-0.05, 0) is 49.1 Å². The molecule has 1 fully saturated rings. The van der Waals surface area contributed by atoms with Gasteiger partial charge in [0.05, 0.1) is 6.54 Å². The molecule has 1 aromatic carbocycles. The van der Waals surface area contributed by atoms with Crippen LogP contribution in [0.4, 0.5) is 11.5 Å². The normalized spacial score (nSPS) is 18.7. The van der Waals surface area contributed by atoms with Gasteiger partial charge in [-0.2, -0.15) is 0 Å². The van der Waals surface area contributed by atoms with Crippen LogP contribution < -0.4 is 20.9 Å². The van der Waals surface area contributed by atoms with E-state index in [-0.39, 0.29) is 11.8 Å². The minimum absolute atomic E-state index is 0.0636. The Morgan fingerprint density at radius 2 is 2.07 bits per heavy atom. The Labute approximate surface area is 178 Å². The fraction of sp³-hybridized carbons (Fsp3) is 0.435. The van der Waals surface area contributed by atoms with Crippen LogP contribution in [0.1, 0.15) is 43.2 Å². The van der Waals surface area contributed by atoms with Crippen LogP contribution in [0.25, 0.3) is 0 Å². The lowest BCUT2D eigenvalue weighted by Crippen LogP contribution is -2.40. The van der Waals surface area contributed by atoms with Crippen molar-refractivity contribution in [2.45, 2.75) is 38.6 Å². The number of anilines is 2. The molecule has 30 heavy (non-hydrogen) atoms. The Morgan fingerprint density at radius 1 is 1.23 bits per heavy atom. The van der Waals surface area contributed by atoms with Gasteiger partial charge in [-0.1, -0.05) is 18.2 Å². The summed E-state index contributed by atoms with van der Waals surface area (Å²) in [7, 11) is 0. The van der Waals surface area contributed by atoms with E-state index in [1.807, 2.05) is 30.5 Å². The summed E-state index contributed by atoms with van der Waals surface area (Å²) in [6.07, 6.45) is 4.82. The molecule has 1 atom stereocenters. The molecule has 0 radical (unpaired) electrons. The van der Waals surface area contributed by atoms with Gasteiger partial charge >= 0.3 is 0 Å². The highest BCUT2D eigenvalue weighted by molar-refractivity contribution is 5.94. The van der Waals surface area contributed by atoms with Crippen molar-refractivity contribution >= 4 is 23.4 Å². The number of carbonyl (C=O) groups is 1. The molecule has 2 aromatic rings. The second kappa shape index (κ2) is 9.61. The highest BCUT2D eigenvalue weighted by atomic mass is 16.1. The van der Waals surface area contributed by atoms with Crippen molar-refractivity contribution in [3.63, 3.8) is 0 Å². The van der Waals surface area contributed by atoms with Gasteiger partial charge in [-0.3, -0.25) is 4.79 Å². The van der Waals surface area contributed by atoms with Crippen molar-refractivity contribution in [2.24, 2.45) is 4.99 Å². The van der Waals surface area contributed by atoms with Gasteiger partial charge < -0.3 is 20.9 Å². The van der Waals surface area contributed by atoms with E-state index >= 15 is 0 Å². The smallest absolute Gasteiger partial charge is 0.225 e. The third kappa shape index (κ3) is 4.90. The zero-order valence-corrected chi connectivity index (χ0v) is 17.5. The maximum atomic E-state index is 12.1. The molecule has 0 bridgehead atoms. The molecule has 1 aromatic heterocycles. The number of hydrogen-bond acceptors (Lipinski definition) is 4. The summed E-state index contributed by atoms with van der Waals surface area (Å²) in [5, 5.41) is 9.69. The number of aliphatic imine (C=N–C) groups is 1. The van der Waals surface area contributed by atoms with E-state index in [0.29, 0.717) is 19.5 Å². The minimum Gasteiger partial charge on any atom is -0.357 e. The third-order valence-corrected chi connectivity index (χ3v) is 5.63. The molecule has 158 valence electrons. The van der Waals surface area contributed by atoms with Gasteiger partial charge in [0.2, 0.25) is 5.91 Å². The van der Waals surface area contributed by atoms with Crippen LogP contribution in [0.3, 0.4) is 0 Å². The SMILES string of the molecule is CCNC(=NCc1ccnc(N2CCCC2)c1)NCC1CC(=O)Nc2ccccc21. The third-order valence-electron chi connectivity index (χ3n) is 5.63. The molecule has 0 aliphatic carbocycles. The molecule has 2 aliphatic heterocycles. The van der Waals surface area contributed by atoms with Crippen molar-refractivity contribution in [1.82, 2.24) is 15.6 Å². The van der Waals surface area contributed by atoms with Crippen molar-refractivity contribution in [3.05, 3.63) is 53.7 Å². The number of amides is 1. The summed E-state index contributed by atoms with van der Waals surface area (Å²) >= 11 is 0. The number of pyridine rings is 1. The van der Waals surface area contributed by atoms with Crippen molar-refractivity contribution in [2.75, 3.05) is 36.4 Å². The highest BCUT2D eigenvalue weighted by Crippen LogP contribution is 2.31. The van der Waals surface area contributed by atoms with E-state index in [2.05, 4.69) is 44.9 Å². The summed E-state index contributed by atoms with van der Waals surface area (Å²) in [5.41, 5.74) is 3.23. The van der Waals surface area contributed by atoms with Gasteiger partial charge in [0, 0.05) is 50.4 Å². The van der Waals surface area contributed by atoms with E-state index in [9.17, 15) is 4.79 Å². The van der Waals surface area contributed by atoms with Crippen LogP contribution in [0.5, 0.6) is 0 Å². The zero-order chi connectivity index (χ0) is 20.8. The minimum atomic E-state index is 0.0636. The maximum Gasteiger partial charge on any atom is 0.225 e. The van der Waals surface area contributed by atoms with Crippen molar-refractivity contribution in [3.8, 4) is 0 Å². The Balaban J connectivity index is 1.41. The van der Waals surface area contributed by atoms with Crippen LogP contribution >= 0.6 is 0 Å². The van der Waals surface area contributed by atoms with Gasteiger partial charge in [-0.15, -0.1) is 0 Å². The fourth-order valence-corrected chi connectivity index (χ4v) is 4.09. The molecule has 4 rings (SSSR count). The van der Waals surface area contributed by atoms with E-state index in [1.54, 1.807) is 0 Å². The number of carbonyl (C=O) groups excluding carboxylic acids is 1. The van der Waals surface area contributed by atoms with Crippen LogP contribution in [-0.2, 0) is 11.3 Å². The molecule has 7 nitrogen and oxygen atoms in total. The lowest BCUT2D eigenvalue weighted by atomic mass is 9.90. The molecule has 0 saturated carbocycles. The standard InChI is InChI=1S/C23H30N6O/c1-2-24-23(26-15-17-9-10-25-21(13-17)29-11-5-6-12-29)27-16-18-14-22(30)28-20-8-4-3-7-19(18)20/h3-4,7-10,13,18H,2,5-6,11-12,14-16H2,1H3,(H,28,30)(H2,24,26,27). The Kier molecular flexibility index (Phi) is 6.47. The molecule has 0 spiro atoms. The molecule has 1 saturated heterocycles. The molecule has 1 unspecified atom stereocenters. The summed E-state index contributed by atoms with van der Waals surface area (Å²) in [6.45, 7) is 6.24. The first-order valence-electron chi connectivity index (χ1n) is 10.8. The van der Waals surface area contributed by atoms with Crippen LogP contribution in [-0.4, -0.2) is 43.0 Å². The van der Waals surface area contributed by atoms with E-state index in [4.69, 9.17) is 4.99 Å². The predicted molar refractivity (Wildman–Crippen MR) is 121 cm³/mol. The van der Waals surface area contributed by atoms with E-state index < -0.39 is 0 Å². The fourth-order valence-electron chi connectivity index (χ4n) is 4.09. The van der Waals surface area contributed by atoms with Gasteiger partial charge in [0.15, 0.2) is 5.96 Å². The lowest BCUT2D eigenvalue weighted by molar-refractivity contribution is -0.116. The molecule has 3 N–H and O–H groups in total. The average molecular weight is 407 g/mol. The number of fused-ring (bicyclic) bond motifs is 1. The number of rotatable bonds is 6. The molecule has 2 aliphatic rings. The summed E-state index contributed by atoms with van der Waals surface area (Å²) < 4.78 is 0. The molecule has 3 heterocycles. The van der Waals surface area contributed by atoms with Crippen LogP contribution in [0.2, 0.25) is 0 Å². The average Bonchev–Trinajstić information content (AvgIpc) is 3.30.